The van der Waals surface area contributed by atoms with Crippen LogP contribution >= 0.6 is 0 Å². The summed E-state index contributed by atoms with van der Waals surface area (Å²) in [4.78, 5) is 0. The van der Waals surface area contributed by atoms with Gasteiger partial charge in [-0.25, -0.2) is 13.2 Å². The van der Waals surface area contributed by atoms with E-state index in [1.165, 1.54) is 30.3 Å². The number of allylic oxidation sites excluding steroid dienone is 2. The molecule has 3 aromatic carbocycles. The van der Waals surface area contributed by atoms with Gasteiger partial charge in [0.1, 0.15) is 6.61 Å². The Labute approximate surface area is 225 Å². The van der Waals surface area contributed by atoms with Crippen LogP contribution in [-0.4, -0.2) is 13.2 Å². The molecule has 1 aliphatic rings. The molecule has 0 fully saturated rings. The van der Waals surface area contributed by atoms with E-state index in [-0.39, 0.29) is 48.6 Å². The van der Waals surface area contributed by atoms with Crippen LogP contribution in [0.3, 0.4) is 0 Å². The maximum Gasteiger partial charge on any atom is 0.201 e. The standard InChI is InChI=1S/C31H31F5O3/c1-3-5-16-38-27-14-11-22(28(33)30(27)35)18-39-25-13-10-21(17-24(25)32)19-6-8-20(9-7-19)23-12-15-26(37-4-2)31(36)29(23)34/h6,10-15,17,20H,3-5,7-9,16,18H2,1-2H3. The van der Waals surface area contributed by atoms with Crippen molar-refractivity contribution in [3.05, 3.63) is 94.3 Å². The molecule has 3 aromatic rings. The molecule has 3 nitrogen and oxygen atoms in total. The van der Waals surface area contributed by atoms with Gasteiger partial charge in [0.15, 0.2) is 34.7 Å². The largest absolute Gasteiger partial charge is 0.491 e. The number of hydrogen-bond acceptors (Lipinski definition) is 3. The lowest BCUT2D eigenvalue weighted by Crippen LogP contribution is -2.09. The molecule has 0 bridgehead atoms. The molecular weight excluding hydrogens is 515 g/mol. The van der Waals surface area contributed by atoms with Crippen LogP contribution in [0.15, 0.2) is 48.5 Å². The molecule has 1 aliphatic carbocycles. The highest BCUT2D eigenvalue weighted by molar-refractivity contribution is 5.67. The van der Waals surface area contributed by atoms with Gasteiger partial charge in [-0.3, -0.25) is 0 Å². The van der Waals surface area contributed by atoms with E-state index in [2.05, 4.69) is 0 Å². The van der Waals surface area contributed by atoms with Crippen LogP contribution in [0.2, 0.25) is 0 Å². The maximum atomic E-state index is 14.8. The molecule has 8 heteroatoms. The first-order chi connectivity index (χ1) is 18.8. The first kappa shape index (κ1) is 28.5. The molecule has 0 heterocycles. The Morgan fingerprint density at radius 2 is 1.49 bits per heavy atom. The van der Waals surface area contributed by atoms with E-state index in [4.69, 9.17) is 14.2 Å². The molecule has 0 N–H and O–H groups in total. The van der Waals surface area contributed by atoms with E-state index in [0.29, 0.717) is 30.4 Å². The van der Waals surface area contributed by atoms with E-state index < -0.39 is 29.1 Å². The van der Waals surface area contributed by atoms with Gasteiger partial charge < -0.3 is 14.2 Å². The van der Waals surface area contributed by atoms with Crippen molar-refractivity contribution in [2.75, 3.05) is 13.2 Å². The first-order valence-electron chi connectivity index (χ1n) is 13.2. The summed E-state index contributed by atoms with van der Waals surface area (Å²) in [6, 6.07) is 10.1. The molecule has 0 radical (unpaired) electrons. The Morgan fingerprint density at radius 1 is 0.769 bits per heavy atom. The summed E-state index contributed by atoms with van der Waals surface area (Å²) >= 11 is 0. The predicted octanol–water partition coefficient (Wildman–Crippen LogP) is 8.89. The summed E-state index contributed by atoms with van der Waals surface area (Å²) in [6.45, 7) is 3.83. The average Bonchev–Trinajstić information content (AvgIpc) is 2.94. The average molecular weight is 547 g/mol. The van der Waals surface area contributed by atoms with Gasteiger partial charge in [-0.1, -0.05) is 31.6 Å². The van der Waals surface area contributed by atoms with Gasteiger partial charge in [-0.15, -0.1) is 0 Å². The van der Waals surface area contributed by atoms with Gasteiger partial charge in [0.2, 0.25) is 11.6 Å². The van der Waals surface area contributed by atoms with Crippen molar-refractivity contribution < 1.29 is 36.2 Å². The van der Waals surface area contributed by atoms with Crippen LogP contribution in [0.4, 0.5) is 22.0 Å². The topological polar surface area (TPSA) is 27.7 Å². The first-order valence-corrected chi connectivity index (χ1v) is 13.2. The summed E-state index contributed by atoms with van der Waals surface area (Å²) in [5, 5.41) is 0. The molecule has 4 rings (SSSR count). The zero-order chi connectivity index (χ0) is 27.9. The zero-order valence-corrected chi connectivity index (χ0v) is 22.0. The van der Waals surface area contributed by atoms with Crippen LogP contribution in [-0.2, 0) is 6.61 Å². The molecule has 39 heavy (non-hydrogen) atoms. The SMILES string of the molecule is CCCCOc1ccc(COc2ccc(C3=CCC(c4ccc(OCC)c(F)c4F)CC3)cc2F)c(F)c1F. The van der Waals surface area contributed by atoms with Crippen molar-refractivity contribution in [2.45, 2.75) is 58.5 Å². The van der Waals surface area contributed by atoms with Crippen molar-refractivity contribution in [3.8, 4) is 17.2 Å². The quantitative estimate of drug-likeness (QED) is 0.178. The van der Waals surface area contributed by atoms with E-state index in [9.17, 15) is 22.0 Å². The zero-order valence-electron chi connectivity index (χ0n) is 22.0. The highest BCUT2D eigenvalue weighted by Gasteiger charge is 2.24. The Hall–Kier alpha value is -3.55. The maximum absolute atomic E-state index is 14.8. The van der Waals surface area contributed by atoms with Gasteiger partial charge in [0.05, 0.1) is 13.2 Å². The summed E-state index contributed by atoms with van der Waals surface area (Å²) in [5.41, 5.74) is 1.76. The van der Waals surface area contributed by atoms with Gasteiger partial charge in [0.25, 0.3) is 0 Å². The highest BCUT2D eigenvalue weighted by atomic mass is 19.2. The van der Waals surface area contributed by atoms with Crippen molar-refractivity contribution in [2.24, 2.45) is 0 Å². The number of rotatable bonds is 11. The minimum absolute atomic E-state index is 0.0576. The third kappa shape index (κ3) is 6.54. The van der Waals surface area contributed by atoms with Crippen molar-refractivity contribution in [1.29, 1.82) is 0 Å². The summed E-state index contributed by atoms with van der Waals surface area (Å²) in [5.74, 6) is -5.29. The number of benzene rings is 3. The number of unbranched alkanes of at least 4 members (excludes halogenated alkanes) is 1. The highest BCUT2D eigenvalue weighted by Crippen LogP contribution is 2.39. The second-order valence-electron chi connectivity index (χ2n) is 9.40. The molecule has 0 saturated carbocycles. The van der Waals surface area contributed by atoms with E-state index in [1.807, 2.05) is 13.0 Å². The van der Waals surface area contributed by atoms with Gasteiger partial charge >= 0.3 is 0 Å². The van der Waals surface area contributed by atoms with Crippen LogP contribution in [0, 0.1) is 29.1 Å². The number of ether oxygens (including phenoxy) is 3. The second-order valence-corrected chi connectivity index (χ2v) is 9.40. The lowest BCUT2D eigenvalue weighted by Gasteiger charge is -2.23. The number of halogens is 5. The van der Waals surface area contributed by atoms with Gasteiger partial charge in [-0.05, 0) is 85.6 Å². The fraction of sp³-hybridized carbons (Fsp3) is 0.355. The normalized spacial score (nSPS) is 15.2. The molecule has 0 aliphatic heterocycles. The minimum Gasteiger partial charge on any atom is -0.491 e. The fourth-order valence-corrected chi connectivity index (χ4v) is 4.60. The lowest BCUT2D eigenvalue weighted by atomic mass is 9.82. The molecule has 0 amide bonds. The summed E-state index contributed by atoms with van der Waals surface area (Å²) < 4.78 is 88.3. The van der Waals surface area contributed by atoms with Gasteiger partial charge in [0, 0.05) is 5.56 Å². The fourth-order valence-electron chi connectivity index (χ4n) is 4.60. The van der Waals surface area contributed by atoms with Crippen molar-refractivity contribution in [1.82, 2.24) is 0 Å². The van der Waals surface area contributed by atoms with E-state index in [1.54, 1.807) is 19.1 Å². The number of hydrogen-bond donors (Lipinski definition) is 0. The van der Waals surface area contributed by atoms with Gasteiger partial charge in [-0.2, -0.15) is 8.78 Å². The van der Waals surface area contributed by atoms with Crippen molar-refractivity contribution in [3.63, 3.8) is 0 Å². The van der Waals surface area contributed by atoms with Crippen LogP contribution < -0.4 is 14.2 Å². The molecule has 0 spiro atoms. The molecule has 0 aromatic heterocycles. The smallest absolute Gasteiger partial charge is 0.201 e. The Morgan fingerprint density at radius 3 is 2.18 bits per heavy atom. The van der Waals surface area contributed by atoms with E-state index in [0.717, 1.165) is 18.4 Å². The Kier molecular flexibility index (Phi) is 9.49. The van der Waals surface area contributed by atoms with Crippen LogP contribution in [0.25, 0.3) is 5.57 Å². The third-order valence-electron chi connectivity index (χ3n) is 6.80. The molecular formula is C31H31F5O3. The molecule has 0 saturated heterocycles. The predicted molar refractivity (Wildman–Crippen MR) is 140 cm³/mol. The van der Waals surface area contributed by atoms with Crippen LogP contribution in [0.5, 0.6) is 17.2 Å². The summed E-state index contributed by atoms with van der Waals surface area (Å²) in [7, 11) is 0. The monoisotopic (exact) mass is 546 g/mol. The Bertz CT molecular complexity index is 1340. The van der Waals surface area contributed by atoms with Crippen molar-refractivity contribution >= 4 is 5.57 Å². The summed E-state index contributed by atoms with van der Waals surface area (Å²) in [6.07, 6.45) is 5.08. The Balaban J connectivity index is 1.40. The lowest BCUT2D eigenvalue weighted by molar-refractivity contribution is 0.273. The van der Waals surface area contributed by atoms with Crippen LogP contribution in [0.1, 0.15) is 68.6 Å². The van der Waals surface area contributed by atoms with E-state index >= 15 is 0 Å². The molecule has 1 unspecified atom stereocenters. The molecule has 1 atom stereocenters. The molecule has 208 valence electrons. The third-order valence-corrected chi connectivity index (χ3v) is 6.80. The minimum atomic E-state index is -1.10. The second kappa shape index (κ2) is 13.0.